The number of aliphatic hydroxyl groups excluding tert-OH is 18. The van der Waals surface area contributed by atoms with Gasteiger partial charge in [-0.25, -0.2) is 0 Å². The van der Waals surface area contributed by atoms with E-state index in [4.69, 9.17) is 47.4 Å². The second kappa shape index (κ2) is 27.8. The van der Waals surface area contributed by atoms with E-state index < -0.39 is 192 Å². The predicted molar refractivity (Wildman–Crippen MR) is 280 cm³/mol. The molecule has 0 aromatic heterocycles. The van der Waals surface area contributed by atoms with E-state index in [9.17, 15) is 91.9 Å². The van der Waals surface area contributed by atoms with Crippen molar-refractivity contribution in [3.8, 4) is 0 Å². The van der Waals surface area contributed by atoms with Crippen molar-refractivity contribution in [2.75, 3.05) is 39.6 Å². The zero-order valence-electron chi connectivity index (χ0n) is 48.1. The van der Waals surface area contributed by atoms with Crippen molar-refractivity contribution in [1.82, 2.24) is 0 Å². The highest BCUT2D eigenvalue weighted by molar-refractivity contribution is 5.13. The standard InChI is InChI=1S/C56H96O28/c1-21(15-57)5-8-28(62)22(2)35-30(77-50-43(71)36(64)29(63)20-75-50)14-27-25-7-6-23-13-24(9-11-55(23,3)26(25)10-12-56(27,35)4)76-51-46(74)42(70)47(34(19-61)81-51)82-54-49(84-53-45(73)41(69)38(66)32(17-59)79-53)48(39(67)33(18-60)80-54)83-52-44(72)40(68)37(65)31(16-58)78-52/h21-54,57-74H,5-20H2,1-4H3/t21-,22+,23-,24-,25+,26-,27-,28+,29+,30?,31+,32+,33+,34+,35-,36-,37+,38+,39+,40-,41-,42+,43+,44+,45+,46+,47-,48-,49+,50-,51+,52-,53-,54-,55-,56-/m0/s1. The van der Waals surface area contributed by atoms with E-state index in [1.54, 1.807) is 0 Å². The SMILES string of the molecule is C[C@H](CO)CC[C@@H](O)[C@@H](C)[C@H]1C(O[C@@H]2OC[C@@H](O)[C@H](O)[C@H]2O)C[C@H]2[C@@H]3CC[C@H]4C[C@@H](O[C@@H]5O[C@H](CO)[C@H](O[C@@H]6O[C@H](CO)[C@@H](O)[C@H](O[C@@H]7O[C@H](CO)[C@@H](O)[C@H](O)[C@H]7O)[C@H]6O[C@@H]6O[C@H](CO)[C@@H](O)[C@H](O)[C@H]6O)[C@H](O)[C@H]5O)CC[C@]4(C)[C@H]3CC[C@]12C. The van der Waals surface area contributed by atoms with Crippen molar-refractivity contribution in [2.24, 2.45) is 52.3 Å². The van der Waals surface area contributed by atoms with Crippen LogP contribution in [0.3, 0.4) is 0 Å². The van der Waals surface area contributed by atoms with Crippen molar-refractivity contribution >= 4 is 0 Å². The quantitative estimate of drug-likeness (QED) is 0.0505. The van der Waals surface area contributed by atoms with Gasteiger partial charge in [-0.1, -0.05) is 27.7 Å². The van der Waals surface area contributed by atoms with E-state index in [2.05, 4.69) is 13.8 Å². The van der Waals surface area contributed by atoms with Gasteiger partial charge in [0.05, 0.1) is 51.3 Å². The van der Waals surface area contributed by atoms with Gasteiger partial charge in [-0.2, -0.15) is 0 Å². The molecule has 28 nitrogen and oxygen atoms in total. The van der Waals surface area contributed by atoms with Crippen LogP contribution in [0.5, 0.6) is 0 Å². The van der Waals surface area contributed by atoms with Gasteiger partial charge >= 0.3 is 0 Å². The summed E-state index contributed by atoms with van der Waals surface area (Å²) in [5, 5.41) is 194. The number of hydrogen-bond acceptors (Lipinski definition) is 28. The molecule has 9 rings (SSSR count). The van der Waals surface area contributed by atoms with Crippen molar-refractivity contribution in [2.45, 2.75) is 258 Å². The maximum Gasteiger partial charge on any atom is 0.187 e. The molecule has 1 unspecified atom stereocenters. The maximum absolute atomic E-state index is 11.9. The van der Waals surface area contributed by atoms with E-state index in [0.29, 0.717) is 38.0 Å². The minimum Gasteiger partial charge on any atom is -0.396 e. The average Bonchev–Trinajstić information content (AvgIpc) is 1.67. The molecule has 4 aliphatic carbocycles. The fourth-order valence-corrected chi connectivity index (χ4v) is 16.4. The molecule has 84 heavy (non-hydrogen) atoms. The van der Waals surface area contributed by atoms with Crippen LogP contribution < -0.4 is 0 Å². The smallest absolute Gasteiger partial charge is 0.187 e. The van der Waals surface area contributed by atoms with E-state index in [-0.39, 0.29) is 59.6 Å². The molecule has 9 fully saturated rings. The molecular formula is C56H96O28. The van der Waals surface area contributed by atoms with Crippen LogP contribution in [0, 0.1) is 52.3 Å². The summed E-state index contributed by atoms with van der Waals surface area (Å²) in [6, 6.07) is 0. The summed E-state index contributed by atoms with van der Waals surface area (Å²) in [7, 11) is 0. The van der Waals surface area contributed by atoms with Crippen LogP contribution in [0.2, 0.25) is 0 Å². The minimum absolute atomic E-state index is 0.0103. The van der Waals surface area contributed by atoms with Crippen LogP contribution in [0.1, 0.15) is 91.9 Å². The molecule has 0 spiro atoms. The van der Waals surface area contributed by atoms with Crippen LogP contribution in [0.15, 0.2) is 0 Å². The van der Waals surface area contributed by atoms with Crippen LogP contribution in [0.25, 0.3) is 0 Å². The molecular weight excluding hydrogens is 1120 g/mol. The maximum atomic E-state index is 11.9. The van der Waals surface area contributed by atoms with Crippen LogP contribution in [-0.4, -0.2) is 297 Å². The first kappa shape index (κ1) is 67.3. The van der Waals surface area contributed by atoms with Crippen LogP contribution in [-0.2, 0) is 47.4 Å². The molecule has 9 aliphatic rings. The first-order chi connectivity index (χ1) is 39.8. The lowest BCUT2D eigenvalue weighted by atomic mass is 9.44. The van der Waals surface area contributed by atoms with Gasteiger partial charge in [-0.15, -0.1) is 0 Å². The molecule has 36 atom stereocenters. The van der Waals surface area contributed by atoms with Gasteiger partial charge in [0.15, 0.2) is 31.5 Å². The van der Waals surface area contributed by atoms with Crippen molar-refractivity contribution in [3.63, 3.8) is 0 Å². The lowest BCUT2D eigenvalue weighted by Gasteiger charge is -2.61. The van der Waals surface area contributed by atoms with Crippen LogP contribution in [0.4, 0.5) is 0 Å². The second-order valence-electron chi connectivity index (χ2n) is 26.3. The van der Waals surface area contributed by atoms with Crippen molar-refractivity contribution in [3.05, 3.63) is 0 Å². The van der Waals surface area contributed by atoms with Crippen molar-refractivity contribution < 1.29 is 139 Å². The van der Waals surface area contributed by atoms with Crippen LogP contribution >= 0.6 is 0 Å². The van der Waals surface area contributed by atoms with E-state index in [0.717, 1.165) is 32.1 Å². The van der Waals surface area contributed by atoms with E-state index >= 15 is 0 Å². The minimum atomic E-state index is -2.07. The molecule has 18 N–H and O–H groups in total. The molecule has 0 amide bonds. The molecule has 5 heterocycles. The molecule has 28 heteroatoms. The molecule has 0 aromatic rings. The number of ether oxygens (including phenoxy) is 10. The Kier molecular flexibility index (Phi) is 22.2. The monoisotopic (exact) mass is 1220 g/mol. The summed E-state index contributed by atoms with van der Waals surface area (Å²) in [4.78, 5) is 0. The molecule has 4 saturated carbocycles. The first-order valence-corrected chi connectivity index (χ1v) is 30.3. The highest BCUT2D eigenvalue weighted by Crippen LogP contribution is 2.69. The fraction of sp³-hybridized carbons (Fsp3) is 1.00. The van der Waals surface area contributed by atoms with Crippen molar-refractivity contribution in [1.29, 1.82) is 0 Å². The van der Waals surface area contributed by atoms with Gasteiger partial charge in [0.1, 0.15) is 116 Å². The number of fused-ring (bicyclic) bond motifs is 5. The highest BCUT2D eigenvalue weighted by Gasteiger charge is 2.65. The lowest BCUT2D eigenvalue weighted by Crippen LogP contribution is -2.68. The Morgan fingerprint density at radius 3 is 1.60 bits per heavy atom. The Labute approximate surface area is 487 Å². The molecule has 488 valence electrons. The Balaban J connectivity index is 0.889. The zero-order chi connectivity index (χ0) is 61.0. The van der Waals surface area contributed by atoms with Gasteiger partial charge in [-0.05, 0) is 116 Å². The third-order valence-electron chi connectivity index (χ3n) is 21.4. The highest BCUT2D eigenvalue weighted by atomic mass is 16.8. The number of rotatable bonds is 20. The molecule has 0 aromatic carbocycles. The Bertz CT molecular complexity index is 2070. The number of hydrogen-bond donors (Lipinski definition) is 18. The van der Waals surface area contributed by atoms with Gasteiger partial charge in [0.2, 0.25) is 0 Å². The summed E-state index contributed by atoms with van der Waals surface area (Å²) in [6.07, 6.45) is -36.6. The lowest BCUT2D eigenvalue weighted by molar-refractivity contribution is -0.406. The summed E-state index contributed by atoms with van der Waals surface area (Å²) < 4.78 is 60.5. The molecule has 0 radical (unpaired) electrons. The normalized spacial score (nSPS) is 52.9. The second-order valence-corrected chi connectivity index (χ2v) is 26.3. The summed E-state index contributed by atoms with van der Waals surface area (Å²) in [5.41, 5.74) is -0.410. The largest absolute Gasteiger partial charge is 0.396 e. The Hall–Kier alpha value is -1.12. The fourth-order valence-electron chi connectivity index (χ4n) is 16.4. The van der Waals surface area contributed by atoms with Gasteiger partial charge < -0.3 is 139 Å². The van der Waals surface area contributed by atoms with Gasteiger partial charge in [-0.3, -0.25) is 0 Å². The topological polar surface area (TPSA) is 456 Å². The number of aliphatic hydroxyl groups is 18. The summed E-state index contributed by atoms with van der Waals surface area (Å²) in [6.45, 7) is 4.85. The molecule has 5 saturated heterocycles. The van der Waals surface area contributed by atoms with E-state index in [1.165, 1.54) is 0 Å². The average molecular weight is 1220 g/mol. The molecule has 5 aliphatic heterocycles. The predicted octanol–water partition coefficient (Wildman–Crippen LogP) is -5.86. The summed E-state index contributed by atoms with van der Waals surface area (Å²) >= 11 is 0. The third kappa shape index (κ3) is 12.9. The Morgan fingerprint density at radius 1 is 0.464 bits per heavy atom. The Morgan fingerprint density at radius 2 is 0.988 bits per heavy atom. The zero-order valence-corrected chi connectivity index (χ0v) is 48.1. The first-order valence-electron chi connectivity index (χ1n) is 30.3. The van der Waals surface area contributed by atoms with Gasteiger partial charge in [0, 0.05) is 6.61 Å². The molecule has 0 bridgehead atoms. The summed E-state index contributed by atoms with van der Waals surface area (Å²) in [5.74, 6) is 0.566. The third-order valence-corrected chi connectivity index (χ3v) is 21.4. The van der Waals surface area contributed by atoms with Gasteiger partial charge in [0.25, 0.3) is 0 Å². The van der Waals surface area contributed by atoms with E-state index in [1.807, 2.05) is 13.8 Å².